The van der Waals surface area contributed by atoms with Gasteiger partial charge in [-0.3, -0.25) is 9.69 Å². The molecule has 2 aliphatic heterocycles. The summed E-state index contributed by atoms with van der Waals surface area (Å²) < 4.78 is 2.17. The van der Waals surface area contributed by atoms with E-state index >= 15 is 0 Å². The topological polar surface area (TPSA) is 40.5 Å². The minimum Gasteiger partial charge on any atom is -0.340 e. The lowest BCUT2D eigenvalue weighted by atomic mass is 10.1. The molecule has 1 aromatic rings. The van der Waals surface area contributed by atoms with E-state index in [2.05, 4.69) is 21.0 Å². The molecule has 1 aromatic heterocycles. The van der Waals surface area contributed by atoms with E-state index in [1.54, 1.807) is 0 Å². The van der Waals surface area contributed by atoms with Crippen molar-refractivity contribution in [2.24, 2.45) is 0 Å². The molecular formula is C15H22N4O. The number of likely N-dealkylation sites (tertiary alicyclic amines) is 1. The number of carbonyl (C=O) groups is 1. The number of nitrogens with zero attached hydrogens (tertiary/aromatic N) is 3. The van der Waals surface area contributed by atoms with Gasteiger partial charge < -0.3 is 14.8 Å². The van der Waals surface area contributed by atoms with Crippen molar-refractivity contribution in [3.05, 3.63) is 24.0 Å². The first-order valence-electron chi connectivity index (χ1n) is 7.74. The van der Waals surface area contributed by atoms with E-state index in [1.807, 2.05) is 17.0 Å². The van der Waals surface area contributed by atoms with Gasteiger partial charge >= 0.3 is 0 Å². The summed E-state index contributed by atoms with van der Waals surface area (Å²) in [6.07, 6.45) is 4.50. The Hall–Kier alpha value is -1.33. The number of hydrogen-bond acceptors (Lipinski definition) is 3. The van der Waals surface area contributed by atoms with E-state index in [4.69, 9.17) is 0 Å². The number of hydrogen-bond donors (Lipinski definition) is 1. The van der Waals surface area contributed by atoms with Crippen LogP contribution in [0.1, 0.15) is 29.4 Å². The van der Waals surface area contributed by atoms with Gasteiger partial charge in [0, 0.05) is 57.5 Å². The zero-order valence-corrected chi connectivity index (χ0v) is 11.8. The highest BCUT2D eigenvalue weighted by atomic mass is 16.2. The lowest BCUT2D eigenvalue weighted by Crippen LogP contribution is -2.64. The lowest BCUT2D eigenvalue weighted by Gasteiger charge is -2.46. The number of aromatic nitrogens is 1. The van der Waals surface area contributed by atoms with Crippen LogP contribution in [0.2, 0.25) is 0 Å². The SMILES string of the molecule is O=C(c1cccn1C1CC1)N1CC(N2CCNCC2)C1. The summed E-state index contributed by atoms with van der Waals surface area (Å²) in [4.78, 5) is 17.1. The van der Waals surface area contributed by atoms with Crippen molar-refractivity contribution >= 4 is 5.91 Å². The molecule has 3 fully saturated rings. The van der Waals surface area contributed by atoms with Crippen molar-refractivity contribution in [3.63, 3.8) is 0 Å². The van der Waals surface area contributed by atoms with Gasteiger partial charge in [-0.1, -0.05) is 0 Å². The van der Waals surface area contributed by atoms with E-state index in [9.17, 15) is 4.79 Å². The summed E-state index contributed by atoms with van der Waals surface area (Å²) >= 11 is 0. The van der Waals surface area contributed by atoms with Crippen LogP contribution < -0.4 is 5.32 Å². The van der Waals surface area contributed by atoms with Crippen molar-refractivity contribution in [1.82, 2.24) is 19.7 Å². The summed E-state index contributed by atoms with van der Waals surface area (Å²) in [5.74, 6) is 0.216. The van der Waals surface area contributed by atoms with Crippen LogP contribution in [-0.4, -0.2) is 65.6 Å². The second-order valence-electron chi connectivity index (χ2n) is 6.18. The van der Waals surface area contributed by atoms with E-state index in [1.165, 1.54) is 12.8 Å². The Labute approximate surface area is 119 Å². The minimum atomic E-state index is 0.216. The molecule has 0 unspecified atom stereocenters. The predicted molar refractivity (Wildman–Crippen MR) is 76.8 cm³/mol. The zero-order chi connectivity index (χ0) is 13.5. The summed E-state index contributed by atoms with van der Waals surface area (Å²) in [6, 6.07) is 5.12. The van der Waals surface area contributed by atoms with Gasteiger partial charge in [0.15, 0.2) is 0 Å². The molecule has 0 spiro atoms. The van der Waals surface area contributed by atoms with Gasteiger partial charge in [0.1, 0.15) is 5.69 Å². The van der Waals surface area contributed by atoms with Gasteiger partial charge in [-0.15, -0.1) is 0 Å². The van der Waals surface area contributed by atoms with Gasteiger partial charge in [-0.2, -0.15) is 0 Å². The number of rotatable bonds is 3. The quantitative estimate of drug-likeness (QED) is 0.875. The van der Waals surface area contributed by atoms with Crippen molar-refractivity contribution in [2.75, 3.05) is 39.3 Å². The molecule has 0 radical (unpaired) electrons. The van der Waals surface area contributed by atoms with Crippen LogP contribution in [0.15, 0.2) is 18.3 Å². The molecule has 0 aromatic carbocycles. The second-order valence-corrected chi connectivity index (χ2v) is 6.18. The summed E-state index contributed by atoms with van der Waals surface area (Å²) in [5.41, 5.74) is 0.881. The molecular weight excluding hydrogens is 252 g/mol. The molecule has 1 aliphatic carbocycles. The van der Waals surface area contributed by atoms with Crippen molar-refractivity contribution in [1.29, 1.82) is 0 Å². The summed E-state index contributed by atoms with van der Waals surface area (Å²) in [5, 5.41) is 3.38. The van der Waals surface area contributed by atoms with Crippen LogP contribution in [0.4, 0.5) is 0 Å². The Balaban J connectivity index is 1.37. The van der Waals surface area contributed by atoms with Crippen LogP contribution in [-0.2, 0) is 0 Å². The summed E-state index contributed by atoms with van der Waals surface area (Å²) in [7, 11) is 0. The van der Waals surface area contributed by atoms with E-state index < -0.39 is 0 Å². The normalized spacial score (nSPS) is 24.7. The highest BCUT2D eigenvalue weighted by molar-refractivity contribution is 5.93. The van der Waals surface area contributed by atoms with Crippen LogP contribution in [0.5, 0.6) is 0 Å². The Morgan fingerprint density at radius 3 is 2.60 bits per heavy atom. The molecule has 1 saturated carbocycles. The molecule has 3 aliphatic rings. The fourth-order valence-corrected chi connectivity index (χ4v) is 3.31. The third-order valence-electron chi connectivity index (χ3n) is 4.76. The minimum absolute atomic E-state index is 0.216. The van der Waals surface area contributed by atoms with Crippen molar-refractivity contribution in [2.45, 2.75) is 24.9 Å². The molecule has 1 N–H and O–H groups in total. The third kappa shape index (κ3) is 2.15. The summed E-state index contributed by atoms with van der Waals surface area (Å²) in [6.45, 7) is 6.18. The van der Waals surface area contributed by atoms with Crippen LogP contribution >= 0.6 is 0 Å². The monoisotopic (exact) mass is 274 g/mol. The first-order chi connectivity index (χ1) is 9.83. The standard InChI is InChI=1S/C15H22N4O/c20-15(14-2-1-7-19(14)12-3-4-12)18-10-13(11-18)17-8-5-16-6-9-17/h1-2,7,12-13,16H,3-6,8-11H2. The Bertz CT molecular complexity index is 496. The van der Waals surface area contributed by atoms with E-state index in [0.29, 0.717) is 12.1 Å². The molecule has 0 bridgehead atoms. The van der Waals surface area contributed by atoms with E-state index in [0.717, 1.165) is 45.0 Å². The van der Waals surface area contributed by atoms with Crippen molar-refractivity contribution in [3.8, 4) is 0 Å². The fourth-order valence-electron chi connectivity index (χ4n) is 3.31. The maximum absolute atomic E-state index is 12.5. The third-order valence-corrected chi connectivity index (χ3v) is 4.76. The Morgan fingerprint density at radius 1 is 1.15 bits per heavy atom. The van der Waals surface area contributed by atoms with Gasteiger partial charge in [-0.25, -0.2) is 0 Å². The molecule has 108 valence electrons. The molecule has 2 saturated heterocycles. The molecule has 5 nitrogen and oxygen atoms in total. The largest absolute Gasteiger partial charge is 0.340 e. The molecule has 1 amide bonds. The number of nitrogens with one attached hydrogen (secondary N) is 1. The van der Waals surface area contributed by atoms with Crippen molar-refractivity contribution < 1.29 is 4.79 Å². The highest BCUT2D eigenvalue weighted by Crippen LogP contribution is 2.36. The number of carbonyl (C=O) groups excluding carboxylic acids is 1. The number of amides is 1. The number of piperazine rings is 1. The molecule has 0 atom stereocenters. The van der Waals surface area contributed by atoms with E-state index in [-0.39, 0.29) is 5.91 Å². The van der Waals surface area contributed by atoms with Gasteiger partial charge in [0.2, 0.25) is 0 Å². The maximum atomic E-state index is 12.5. The van der Waals surface area contributed by atoms with Gasteiger partial charge in [0.05, 0.1) is 0 Å². The molecule has 5 heteroatoms. The van der Waals surface area contributed by atoms with Gasteiger partial charge in [0.25, 0.3) is 5.91 Å². The van der Waals surface area contributed by atoms with Crippen LogP contribution in [0.3, 0.4) is 0 Å². The highest BCUT2D eigenvalue weighted by Gasteiger charge is 2.37. The first kappa shape index (κ1) is 12.4. The Kier molecular flexibility index (Phi) is 3.04. The average Bonchev–Trinajstić information content (AvgIpc) is 3.15. The van der Waals surface area contributed by atoms with Crippen LogP contribution in [0, 0.1) is 0 Å². The lowest BCUT2D eigenvalue weighted by molar-refractivity contribution is 0.0219. The second kappa shape index (κ2) is 4.90. The Morgan fingerprint density at radius 2 is 1.90 bits per heavy atom. The van der Waals surface area contributed by atoms with Crippen LogP contribution in [0.25, 0.3) is 0 Å². The molecule has 3 heterocycles. The van der Waals surface area contributed by atoms with Gasteiger partial charge in [-0.05, 0) is 25.0 Å². The zero-order valence-electron chi connectivity index (χ0n) is 11.8. The predicted octanol–water partition coefficient (Wildman–Crippen LogP) is 0.553. The molecule has 4 rings (SSSR count). The smallest absolute Gasteiger partial charge is 0.270 e. The average molecular weight is 274 g/mol. The first-order valence-corrected chi connectivity index (χ1v) is 7.74. The maximum Gasteiger partial charge on any atom is 0.270 e. The molecule has 20 heavy (non-hydrogen) atoms. The fraction of sp³-hybridized carbons (Fsp3) is 0.667.